The van der Waals surface area contributed by atoms with Gasteiger partial charge >= 0.3 is 5.97 Å². The lowest BCUT2D eigenvalue weighted by Crippen LogP contribution is -2.41. The summed E-state index contributed by atoms with van der Waals surface area (Å²) in [7, 11) is 4.46. The van der Waals surface area contributed by atoms with Gasteiger partial charge in [-0.2, -0.15) is 0 Å². The molecule has 2 aromatic carbocycles. The SMILES string of the molecule is COC(=O)[C@@H]1SC(c2ccc(OC)cc2)=C(C)[C@@H]2C1=C(O)C(=O)N2c1ccc(OC)cc1. The van der Waals surface area contributed by atoms with Crippen molar-refractivity contribution in [2.24, 2.45) is 0 Å². The average Bonchev–Trinajstić information content (AvgIpc) is 3.10. The van der Waals surface area contributed by atoms with Gasteiger partial charge in [-0.3, -0.25) is 14.5 Å². The van der Waals surface area contributed by atoms with Crippen molar-refractivity contribution in [2.45, 2.75) is 18.2 Å². The Morgan fingerprint density at radius 1 is 0.969 bits per heavy atom. The molecule has 166 valence electrons. The zero-order valence-electron chi connectivity index (χ0n) is 18.1. The van der Waals surface area contributed by atoms with Crippen LogP contribution in [0.5, 0.6) is 11.5 Å². The van der Waals surface area contributed by atoms with Gasteiger partial charge in [0, 0.05) is 16.2 Å². The Hall–Kier alpha value is -3.39. The molecule has 2 aliphatic heterocycles. The molecule has 0 bridgehead atoms. The molecule has 2 aliphatic rings. The maximum absolute atomic E-state index is 13.1. The highest BCUT2D eigenvalue weighted by atomic mass is 32.2. The third-order valence-corrected chi connectivity index (χ3v) is 7.13. The Morgan fingerprint density at radius 2 is 1.53 bits per heavy atom. The molecule has 0 saturated carbocycles. The van der Waals surface area contributed by atoms with Crippen LogP contribution in [-0.4, -0.2) is 49.6 Å². The summed E-state index contributed by atoms with van der Waals surface area (Å²) in [5.41, 5.74) is 2.67. The highest BCUT2D eigenvalue weighted by Crippen LogP contribution is 2.50. The molecule has 0 aromatic heterocycles. The van der Waals surface area contributed by atoms with Crippen LogP contribution in [0, 0.1) is 0 Å². The number of carbonyl (C=O) groups is 2. The van der Waals surface area contributed by atoms with Crippen LogP contribution in [0.25, 0.3) is 4.91 Å². The van der Waals surface area contributed by atoms with E-state index < -0.39 is 28.9 Å². The van der Waals surface area contributed by atoms with Gasteiger partial charge in [0.25, 0.3) is 5.91 Å². The van der Waals surface area contributed by atoms with E-state index in [2.05, 4.69) is 0 Å². The number of aliphatic hydroxyl groups is 1. The number of amides is 1. The number of carbonyl (C=O) groups excluding carboxylic acids is 2. The number of hydrogen-bond donors (Lipinski definition) is 1. The molecule has 0 unspecified atom stereocenters. The number of aliphatic hydroxyl groups excluding tert-OH is 1. The topological polar surface area (TPSA) is 85.3 Å². The second-order valence-corrected chi connectivity index (χ2v) is 8.46. The first kappa shape index (κ1) is 21.8. The molecule has 2 heterocycles. The van der Waals surface area contributed by atoms with Crippen LogP contribution in [0.3, 0.4) is 0 Å². The Kier molecular flexibility index (Phi) is 5.88. The molecule has 0 aliphatic carbocycles. The number of methoxy groups -OCH3 is 3. The van der Waals surface area contributed by atoms with Gasteiger partial charge in [-0.25, -0.2) is 0 Å². The molecule has 4 rings (SSSR count). The zero-order valence-corrected chi connectivity index (χ0v) is 18.9. The molecule has 7 nitrogen and oxygen atoms in total. The lowest BCUT2D eigenvalue weighted by atomic mass is 9.94. The predicted molar refractivity (Wildman–Crippen MR) is 123 cm³/mol. The van der Waals surface area contributed by atoms with Crippen LogP contribution in [0.15, 0.2) is 65.4 Å². The Bertz CT molecular complexity index is 1120. The zero-order chi connectivity index (χ0) is 23.0. The molecular weight excluding hydrogens is 430 g/mol. The number of rotatable bonds is 5. The van der Waals surface area contributed by atoms with Crippen LogP contribution < -0.4 is 14.4 Å². The van der Waals surface area contributed by atoms with E-state index in [4.69, 9.17) is 14.2 Å². The van der Waals surface area contributed by atoms with Crippen molar-refractivity contribution in [2.75, 3.05) is 26.2 Å². The first-order chi connectivity index (χ1) is 15.4. The minimum atomic E-state index is -0.849. The molecule has 32 heavy (non-hydrogen) atoms. The number of anilines is 1. The van der Waals surface area contributed by atoms with Crippen LogP contribution in [0.2, 0.25) is 0 Å². The highest BCUT2D eigenvalue weighted by molar-refractivity contribution is 8.09. The molecule has 0 saturated heterocycles. The van der Waals surface area contributed by atoms with Crippen molar-refractivity contribution in [3.8, 4) is 11.5 Å². The van der Waals surface area contributed by atoms with Gasteiger partial charge in [0.2, 0.25) is 0 Å². The summed E-state index contributed by atoms with van der Waals surface area (Å²) < 4.78 is 15.5. The van der Waals surface area contributed by atoms with Crippen LogP contribution >= 0.6 is 11.8 Å². The van der Waals surface area contributed by atoms with Crippen molar-refractivity contribution in [3.05, 3.63) is 71.0 Å². The minimum absolute atomic E-state index is 0.345. The summed E-state index contributed by atoms with van der Waals surface area (Å²) in [6, 6.07) is 13.9. The van der Waals surface area contributed by atoms with Gasteiger partial charge in [0.1, 0.15) is 16.7 Å². The molecule has 2 aromatic rings. The van der Waals surface area contributed by atoms with Gasteiger partial charge in [-0.15, -0.1) is 11.8 Å². The molecular formula is C24H23NO6S. The van der Waals surface area contributed by atoms with Gasteiger partial charge in [-0.05, 0) is 54.5 Å². The van der Waals surface area contributed by atoms with E-state index in [0.717, 1.165) is 16.0 Å². The number of hydrogen-bond acceptors (Lipinski definition) is 7. The van der Waals surface area contributed by atoms with E-state index in [-0.39, 0.29) is 0 Å². The maximum atomic E-state index is 13.1. The lowest BCUT2D eigenvalue weighted by molar-refractivity contribution is -0.139. The second-order valence-electron chi connectivity index (χ2n) is 7.34. The van der Waals surface area contributed by atoms with Crippen molar-refractivity contribution >= 4 is 34.2 Å². The van der Waals surface area contributed by atoms with E-state index in [1.165, 1.54) is 23.8 Å². The summed E-state index contributed by atoms with van der Waals surface area (Å²) in [6.07, 6.45) is 0. The maximum Gasteiger partial charge on any atom is 0.323 e. The summed E-state index contributed by atoms with van der Waals surface area (Å²) in [5, 5.41) is 9.94. The smallest absolute Gasteiger partial charge is 0.323 e. The van der Waals surface area contributed by atoms with E-state index in [1.807, 2.05) is 31.2 Å². The number of fused-ring (bicyclic) bond motifs is 1. The van der Waals surface area contributed by atoms with Crippen molar-refractivity contribution < 1.29 is 28.9 Å². The lowest BCUT2D eigenvalue weighted by Gasteiger charge is -2.35. The number of nitrogens with zero attached hydrogens (tertiary/aromatic N) is 1. The normalized spacial score (nSPS) is 20.4. The summed E-state index contributed by atoms with van der Waals surface area (Å²) >= 11 is 1.27. The molecule has 0 radical (unpaired) electrons. The third kappa shape index (κ3) is 3.50. The van der Waals surface area contributed by atoms with E-state index in [1.54, 1.807) is 38.5 Å². The molecule has 1 N–H and O–H groups in total. The number of esters is 1. The monoisotopic (exact) mass is 453 g/mol. The first-order valence-electron chi connectivity index (χ1n) is 9.91. The summed E-state index contributed by atoms with van der Waals surface area (Å²) in [4.78, 5) is 28.2. The van der Waals surface area contributed by atoms with E-state index in [9.17, 15) is 14.7 Å². The van der Waals surface area contributed by atoms with Crippen molar-refractivity contribution in [1.29, 1.82) is 0 Å². The largest absolute Gasteiger partial charge is 0.503 e. The fourth-order valence-corrected chi connectivity index (χ4v) is 5.41. The Morgan fingerprint density at radius 3 is 2.06 bits per heavy atom. The van der Waals surface area contributed by atoms with Gasteiger partial charge in [0.15, 0.2) is 5.76 Å². The molecule has 0 fully saturated rings. The molecule has 2 atom stereocenters. The third-order valence-electron chi connectivity index (χ3n) is 5.65. The molecule has 0 spiro atoms. The summed E-state index contributed by atoms with van der Waals surface area (Å²) in [6.45, 7) is 1.91. The average molecular weight is 454 g/mol. The fraction of sp³-hybridized carbons (Fsp3) is 0.250. The van der Waals surface area contributed by atoms with Crippen LogP contribution in [0.4, 0.5) is 5.69 Å². The van der Waals surface area contributed by atoms with Gasteiger partial charge < -0.3 is 19.3 Å². The highest BCUT2D eigenvalue weighted by Gasteiger charge is 2.50. The molecule has 1 amide bonds. The minimum Gasteiger partial charge on any atom is -0.503 e. The van der Waals surface area contributed by atoms with E-state index in [0.29, 0.717) is 22.8 Å². The Labute approximate surface area is 190 Å². The first-order valence-corrected chi connectivity index (χ1v) is 10.8. The summed E-state index contributed by atoms with van der Waals surface area (Å²) in [5.74, 6) is -0.131. The van der Waals surface area contributed by atoms with Gasteiger partial charge in [-0.1, -0.05) is 12.1 Å². The number of thioether (sulfide) groups is 1. The number of ether oxygens (including phenoxy) is 3. The number of benzene rings is 2. The standard InChI is InChI=1S/C24H23NO6S/c1-13-19-18(20(26)23(27)25(19)15-7-11-17(30-3)12-8-15)22(24(28)31-4)32-21(13)14-5-9-16(29-2)10-6-14/h5-12,19,22,26H,1-4H3/t19-,22-/m1/s1. The quantitative estimate of drug-likeness (QED) is 0.686. The fourth-order valence-electron chi connectivity index (χ4n) is 4.05. The predicted octanol–water partition coefficient (Wildman–Crippen LogP) is 3.95. The second kappa shape index (κ2) is 8.63. The van der Waals surface area contributed by atoms with Crippen LogP contribution in [0.1, 0.15) is 12.5 Å². The van der Waals surface area contributed by atoms with Crippen molar-refractivity contribution in [3.63, 3.8) is 0 Å². The Balaban J connectivity index is 1.87. The molecule has 8 heteroatoms. The van der Waals surface area contributed by atoms with E-state index >= 15 is 0 Å². The van der Waals surface area contributed by atoms with Crippen LogP contribution in [-0.2, 0) is 14.3 Å². The van der Waals surface area contributed by atoms with Gasteiger partial charge in [0.05, 0.1) is 27.4 Å². The van der Waals surface area contributed by atoms with Crippen molar-refractivity contribution in [1.82, 2.24) is 0 Å².